The van der Waals surface area contributed by atoms with E-state index in [1.165, 1.54) is 4.88 Å². The average Bonchev–Trinajstić information content (AvgIpc) is 3.34. The summed E-state index contributed by atoms with van der Waals surface area (Å²) >= 11 is 7.63. The van der Waals surface area contributed by atoms with Crippen LogP contribution in [0.15, 0.2) is 48.7 Å². The summed E-state index contributed by atoms with van der Waals surface area (Å²) in [5.41, 5.74) is 2.09. The standard InChI is InChI=1S/C23H23ClN4OS/c24-22-8-7-19(30-22)17-26-12-14-27(15-13-26)23(29)9-6-18-16-28(11-3-10-25)21-5-2-1-4-20(18)21/h1-2,4-9,16H,3,11-15,17H2/b9-6+. The first-order chi connectivity index (χ1) is 14.6. The summed E-state index contributed by atoms with van der Waals surface area (Å²) in [6.07, 6.45) is 6.05. The summed E-state index contributed by atoms with van der Waals surface area (Å²) < 4.78 is 2.90. The van der Waals surface area contributed by atoms with Crippen molar-refractivity contribution >= 4 is 45.8 Å². The predicted octanol–water partition coefficient (Wildman–Crippen LogP) is 4.63. The fourth-order valence-corrected chi connectivity index (χ4v) is 4.94. The van der Waals surface area contributed by atoms with Crippen LogP contribution < -0.4 is 0 Å². The van der Waals surface area contributed by atoms with Crippen LogP contribution >= 0.6 is 22.9 Å². The summed E-state index contributed by atoms with van der Waals surface area (Å²) in [4.78, 5) is 18.2. The number of fused-ring (bicyclic) bond motifs is 1. The third-order valence-electron chi connectivity index (χ3n) is 5.38. The Balaban J connectivity index is 1.38. The van der Waals surface area contributed by atoms with Crippen molar-refractivity contribution in [2.75, 3.05) is 26.2 Å². The number of nitriles is 1. The van der Waals surface area contributed by atoms with Crippen LogP contribution in [0.5, 0.6) is 0 Å². The van der Waals surface area contributed by atoms with Crippen molar-refractivity contribution in [1.29, 1.82) is 5.26 Å². The lowest BCUT2D eigenvalue weighted by atomic mass is 10.1. The van der Waals surface area contributed by atoms with Crippen molar-refractivity contribution in [3.63, 3.8) is 0 Å². The van der Waals surface area contributed by atoms with Gasteiger partial charge in [-0.25, -0.2) is 0 Å². The highest BCUT2D eigenvalue weighted by Gasteiger charge is 2.20. The van der Waals surface area contributed by atoms with Gasteiger partial charge in [0, 0.05) is 72.9 Å². The van der Waals surface area contributed by atoms with Gasteiger partial charge in [-0.05, 0) is 24.3 Å². The van der Waals surface area contributed by atoms with Crippen molar-refractivity contribution in [1.82, 2.24) is 14.4 Å². The Kier molecular flexibility index (Phi) is 6.53. The van der Waals surface area contributed by atoms with Crippen molar-refractivity contribution in [3.05, 3.63) is 63.4 Å². The molecular weight excluding hydrogens is 416 g/mol. The van der Waals surface area contributed by atoms with Crippen LogP contribution in [0.2, 0.25) is 4.34 Å². The highest BCUT2D eigenvalue weighted by molar-refractivity contribution is 7.16. The number of piperazine rings is 1. The molecule has 0 radical (unpaired) electrons. The summed E-state index contributed by atoms with van der Waals surface area (Å²) in [7, 11) is 0. The SMILES string of the molecule is N#CCCn1cc(/C=C/C(=O)N2CCN(Cc3ccc(Cl)s3)CC2)c2ccccc21. The van der Waals surface area contributed by atoms with Gasteiger partial charge in [0.25, 0.3) is 0 Å². The molecule has 0 saturated carbocycles. The largest absolute Gasteiger partial charge is 0.346 e. The van der Waals surface area contributed by atoms with Crippen LogP contribution in [-0.2, 0) is 17.9 Å². The molecule has 0 atom stereocenters. The number of hydrogen-bond donors (Lipinski definition) is 0. The van der Waals surface area contributed by atoms with E-state index in [2.05, 4.69) is 27.7 Å². The van der Waals surface area contributed by atoms with Crippen LogP contribution in [0.4, 0.5) is 0 Å². The minimum atomic E-state index is 0.0441. The molecule has 4 rings (SSSR count). The Morgan fingerprint density at radius 2 is 1.97 bits per heavy atom. The van der Waals surface area contributed by atoms with Crippen molar-refractivity contribution in [3.8, 4) is 6.07 Å². The topological polar surface area (TPSA) is 52.3 Å². The molecule has 1 aromatic carbocycles. The van der Waals surface area contributed by atoms with Crippen LogP contribution in [0.25, 0.3) is 17.0 Å². The van der Waals surface area contributed by atoms with E-state index in [1.807, 2.05) is 41.4 Å². The zero-order chi connectivity index (χ0) is 20.9. The Labute approximate surface area is 185 Å². The molecular formula is C23H23ClN4OS. The number of halogens is 1. The number of aryl methyl sites for hydroxylation is 1. The highest BCUT2D eigenvalue weighted by atomic mass is 35.5. The maximum Gasteiger partial charge on any atom is 0.246 e. The minimum Gasteiger partial charge on any atom is -0.346 e. The van der Waals surface area contributed by atoms with Gasteiger partial charge in [0.15, 0.2) is 0 Å². The number of amides is 1. The Morgan fingerprint density at radius 3 is 2.70 bits per heavy atom. The zero-order valence-corrected chi connectivity index (χ0v) is 18.2. The molecule has 1 amide bonds. The molecule has 1 fully saturated rings. The molecule has 1 aliphatic rings. The molecule has 30 heavy (non-hydrogen) atoms. The lowest BCUT2D eigenvalue weighted by Crippen LogP contribution is -2.47. The van der Waals surface area contributed by atoms with E-state index < -0.39 is 0 Å². The van der Waals surface area contributed by atoms with E-state index in [-0.39, 0.29) is 5.91 Å². The minimum absolute atomic E-state index is 0.0441. The quantitative estimate of drug-likeness (QED) is 0.527. The van der Waals surface area contributed by atoms with Crippen LogP contribution in [0.3, 0.4) is 0 Å². The molecule has 1 saturated heterocycles. The number of thiophene rings is 1. The first-order valence-corrected chi connectivity index (χ1v) is 11.2. The molecule has 0 unspecified atom stereocenters. The number of carbonyl (C=O) groups excluding carboxylic acids is 1. The van der Waals surface area contributed by atoms with Gasteiger partial charge in [-0.1, -0.05) is 29.8 Å². The average molecular weight is 439 g/mol. The molecule has 0 spiro atoms. The van der Waals surface area contributed by atoms with Gasteiger partial charge in [-0.15, -0.1) is 11.3 Å². The Morgan fingerprint density at radius 1 is 1.17 bits per heavy atom. The van der Waals surface area contributed by atoms with Gasteiger partial charge in [0.2, 0.25) is 5.91 Å². The van der Waals surface area contributed by atoms with Gasteiger partial charge in [-0.3, -0.25) is 9.69 Å². The first kappa shape index (κ1) is 20.7. The number of aromatic nitrogens is 1. The van der Waals surface area contributed by atoms with E-state index >= 15 is 0 Å². The molecule has 0 N–H and O–H groups in total. The van der Waals surface area contributed by atoms with E-state index in [9.17, 15) is 4.79 Å². The molecule has 3 heterocycles. The zero-order valence-electron chi connectivity index (χ0n) is 16.6. The molecule has 0 aliphatic carbocycles. The third-order valence-corrected chi connectivity index (χ3v) is 6.60. The molecule has 0 bridgehead atoms. The second-order valence-electron chi connectivity index (χ2n) is 7.34. The molecule has 5 nitrogen and oxygen atoms in total. The van der Waals surface area contributed by atoms with E-state index in [0.717, 1.165) is 53.5 Å². The van der Waals surface area contributed by atoms with Crippen LogP contribution in [0, 0.1) is 11.3 Å². The maximum atomic E-state index is 12.7. The number of carbonyl (C=O) groups is 1. The molecule has 7 heteroatoms. The lowest BCUT2D eigenvalue weighted by Gasteiger charge is -2.33. The van der Waals surface area contributed by atoms with E-state index in [0.29, 0.717) is 13.0 Å². The Hall–Kier alpha value is -2.59. The fraction of sp³-hybridized carbons (Fsp3) is 0.304. The maximum absolute atomic E-state index is 12.7. The van der Waals surface area contributed by atoms with Crippen molar-refractivity contribution < 1.29 is 4.79 Å². The molecule has 154 valence electrons. The van der Waals surface area contributed by atoms with Gasteiger partial charge >= 0.3 is 0 Å². The number of benzene rings is 1. The number of rotatable bonds is 6. The fourth-order valence-electron chi connectivity index (χ4n) is 3.81. The number of hydrogen-bond acceptors (Lipinski definition) is 4. The smallest absolute Gasteiger partial charge is 0.246 e. The number of para-hydroxylation sites is 1. The van der Waals surface area contributed by atoms with E-state index in [1.54, 1.807) is 17.4 Å². The lowest BCUT2D eigenvalue weighted by molar-refractivity contribution is -0.127. The summed E-state index contributed by atoms with van der Waals surface area (Å²) in [6, 6.07) is 14.3. The van der Waals surface area contributed by atoms with Gasteiger partial charge < -0.3 is 9.47 Å². The highest BCUT2D eigenvalue weighted by Crippen LogP contribution is 2.24. The molecule has 3 aromatic rings. The van der Waals surface area contributed by atoms with Gasteiger partial charge in [0.05, 0.1) is 16.8 Å². The second-order valence-corrected chi connectivity index (χ2v) is 9.14. The molecule has 1 aliphatic heterocycles. The first-order valence-electron chi connectivity index (χ1n) is 10.0. The van der Waals surface area contributed by atoms with Crippen LogP contribution in [-0.4, -0.2) is 46.5 Å². The number of nitrogens with zero attached hydrogens (tertiary/aromatic N) is 4. The van der Waals surface area contributed by atoms with Crippen molar-refractivity contribution in [2.45, 2.75) is 19.5 Å². The predicted molar refractivity (Wildman–Crippen MR) is 122 cm³/mol. The normalized spacial score (nSPS) is 15.1. The summed E-state index contributed by atoms with van der Waals surface area (Å²) in [5, 5.41) is 9.99. The third kappa shape index (κ3) is 4.76. The summed E-state index contributed by atoms with van der Waals surface area (Å²) in [5.74, 6) is 0.0441. The van der Waals surface area contributed by atoms with Crippen LogP contribution in [0.1, 0.15) is 16.9 Å². The van der Waals surface area contributed by atoms with Crippen molar-refractivity contribution in [2.24, 2.45) is 0 Å². The van der Waals surface area contributed by atoms with E-state index in [4.69, 9.17) is 16.9 Å². The molecule has 2 aromatic heterocycles. The van der Waals surface area contributed by atoms with Gasteiger partial charge in [0.1, 0.15) is 0 Å². The second kappa shape index (κ2) is 9.48. The summed E-state index contributed by atoms with van der Waals surface area (Å²) in [6.45, 7) is 4.72. The monoisotopic (exact) mass is 438 g/mol. The Bertz CT molecular complexity index is 1100. The van der Waals surface area contributed by atoms with Gasteiger partial charge in [-0.2, -0.15) is 5.26 Å².